The number of carbonyl (C=O) groups excluding carboxylic acids is 1. The maximum Gasteiger partial charge on any atom is 0.254 e. The minimum atomic E-state index is -0.0355. The lowest BCUT2D eigenvalue weighted by Gasteiger charge is -2.26. The normalized spacial score (nSPS) is 16.6. The molecule has 40 heavy (non-hydrogen) atoms. The molecule has 0 spiro atoms. The number of methoxy groups -OCH3 is 2. The molecule has 208 valence electrons. The number of ether oxygens (including phenoxy) is 3. The smallest absolute Gasteiger partial charge is 0.254 e. The monoisotopic (exact) mass is 542 g/mol. The van der Waals surface area contributed by atoms with Crippen LogP contribution in [0.1, 0.15) is 41.4 Å². The van der Waals surface area contributed by atoms with E-state index in [0.29, 0.717) is 36.7 Å². The summed E-state index contributed by atoms with van der Waals surface area (Å²) in [6, 6.07) is 15.4. The molecular weight excluding hydrogens is 508 g/mol. The molecule has 0 atom stereocenters. The third kappa shape index (κ3) is 5.19. The molecule has 1 amide bonds. The summed E-state index contributed by atoms with van der Waals surface area (Å²) >= 11 is 0. The quantitative estimate of drug-likeness (QED) is 0.360. The number of hydrogen-bond acceptors (Lipinski definition) is 8. The highest BCUT2D eigenvalue weighted by Gasteiger charge is 2.27. The second kappa shape index (κ2) is 11.5. The number of aromatic nitrogens is 4. The first-order valence-electron chi connectivity index (χ1n) is 13.8. The molecule has 2 aromatic heterocycles. The van der Waals surface area contributed by atoms with Crippen LogP contribution in [0.2, 0.25) is 0 Å². The number of anilines is 1. The number of hydrogen-bond donors (Lipinski definition) is 0. The highest BCUT2D eigenvalue weighted by molar-refractivity contribution is 5.95. The Balaban J connectivity index is 1.31. The average molecular weight is 543 g/mol. The van der Waals surface area contributed by atoms with Crippen LogP contribution in [0.15, 0.2) is 54.7 Å². The van der Waals surface area contributed by atoms with Gasteiger partial charge in [-0.3, -0.25) is 4.79 Å². The van der Waals surface area contributed by atoms with E-state index in [0.717, 1.165) is 67.4 Å². The summed E-state index contributed by atoms with van der Waals surface area (Å²) in [5.74, 6) is 3.11. The van der Waals surface area contributed by atoms with Crippen LogP contribution in [0.3, 0.4) is 0 Å². The first-order chi connectivity index (χ1) is 19.6. The second-order valence-electron chi connectivity index (χ2n) is 10.2. The Hall–Kier alpha value is -4.18. The topological polar surface area (TPSA) is 94.8 Å². The highest BCUT2D eigenvalue weighted by atomic mass is 16.5. The van der Waals surface area contributed by atoms with Gasteiger partial charge < -0.3 is 24.0 Å². The Morgan fingerprint density at radius 3 is 2.40 bits per heavy atom. The van der Waals surface area contributed by atoms with Crippen LogP contribution < -0.4 is 14.4 Å². The molecule has 4 heterocycles. The number of amides is 1. The van der Waals surface area contributed by atoms with Gasteiger partial charge >= 0.3 is 0 Å². The fourth-order valence-corrected chi connectivity index (χ4v) is 5.49. The fourth-order valence-electron chi connectivity index (χ4n) is 5.49. The van der Waals surface area contributed by atoms with Crippen LogP contribution in [0.5, 0.6) is 11.5 Å². The number of benzene rings is 2. The zero-order valence-electron chi connectivity index (χ0n) is 23.0. The SMILES string of the molecule is COc1cc(OC)cc(C(=O)N2CCCN(c3nc(C4CCOCC4)nc4c3cnn4-c3ccccc3)CC2)c1. The van der Waals surface area contributed by atoms with Crippen LogP contribution in [0, 0.1) is 0 Å². The zero-order valence-corrected chi connectivity index (χ0v) is 23.0. The van der Waals surface area contributed by atoms with E-state index in [2.05, 4.69) is 4.90 Å². The van der Waals surface area contributed by atoms with E-state index in [4.69, 9.17) is 29.3 Å². The zero-order chi connectivity index (χ0) is 27.5. The van der Waals surface area contributed by atoms with E-state index in [1.165, 1.54) is 0 Å². The Morgan fingerprint density at radius 2 is 1.68 bits per heavy atom. The Kier molecular flexibility index (Phi) is 7.50. The van der Waals surface area contributed by atoms with Gasteiger partial charge in [0.05, 0.1) is 31.5 Å². The summed E-state index contributed by atoms with van der Waals surface area (Å²) in [6.45, 7) is 4.09. The van der Waals surface area contributed by atoms with E-state index >= 15 is 0 Å². The molecule has 2 saturated heterocycles. The van der Waals surface area contributed by atoms with Gasteiger partial charge in [0, 0.05) is 56.9 Å². The number of para-hydroxylation sites is 1. The summed E-state index contributed by atoms with van der Waals surface area (Å²) in [6.07, 6.45) is 4.48. The van der Waals surface area contributed by atoms with Gasteiger partial charge in [-0.05, 0) is 43.5 Å². The summed E-state index contributed by atoms with van der Waals surface area (Å²) in [5, 5.41) is 5.63. The van der Waals surface area contributed by atoms with Crippen LogP contribution in [-0.2, 0) is 4.74 Å². The van der Waals surface area contributed by atoms with Crippen molar-refractivity contribution in [2.75, 3.05) is 58.5 Å². The van der Waals surface area contributed by atoms with Crippen molar-refractivity contribution < 1.29 is 19.0 Å². The van der Waals surface area contributed by atoms with Crippen molar-refractivity contribution in [1.82, 2.24) is 24.6 Å². The minimum Gasteiger partial charge on any atom is -0.497 e. The molecule has 0 radical (unpaired) electrons. The van der Waals surface area contributed by atoms with Gasteiger partial charge in [-0.2, -0.15) is 5.10 Å². The van der Waals surface area contributed by atoms with E-state index in [1.807, 2.05) is 46.1 Å². The standard InChI is InChI=1S/C30H34N6O4/c1-38-24-17-22(18-25(19-24)39-2)30(37)35-12-6-11-34(13-14-35)28-26-20-31-36(23-7-4-3-5-8-23)29(26)33-27(32-28)21-9-15-40-16-10-21/h3-5,7-8,17-21H,6,9-16H2,1-2H3. The second-order valence-corrected chi connectivity index (χ2v) is 10.2. The lowest BCUT2D eigenvalue weighted by molar-refractivity contribution is 0.0766. The molecule has 2 aromatic carbocycles. The van der Waals surface area contributed by atoms with E-state index < -0.39 is 0 Å². The van der Waals surface area contributed by atoms with Crippen LogP contribution in [0.4, 0.5) is 5.82 Å². The van der Waals surface area contributed by atoms with Crippen molar-refractivity contribution in [3.05, 3.63) is 66.1 Å². The molecule has 0 saturated carbocycles. The summed E-state index contributed by atoms with van der Waals surface area (Å²) in [4.78, 5) is 27.9. The summed E-state index contributed by atoms with van der Waals surface area (Å²) < 4.78 is 18.3. The lowest BCUT2D eigenvalue weighted by atomic mass is 9.99. The molecular formula is C30H34N6O4. The van der Waals surface area contributed by atoms with Crippen molar-refractivity contribution in [3.63, 3.8) is 0 Å². The minimum absolute atomic E-state index is 0.0355. The number of rotatable bonds is 6. The van der Waals surface area contributed by atoms with Gasteiger partial charge in [-0.15, -0.1) is 0 Å². The van der Waals surface area contributed by atoms with Crippen molar-refractivity contribution in [2.24, 2.45) is 0 Å². The molecule has 0 unspecified atom stereocenters. The highest BCUT2D eigenvalue weighted by Crippen LogP contribution is 2.32. The molecule has 4 aromatic rings. The largest absolute Gasteiger partial charge is 0.497 e. The lowest BCUT2D eigenvalue weighted by Crippen LogP contribution is -2.35. The van der Waals surface area contributed by atoms with E-state index in [-0.39, 0.29) is 11.8 Å². The van der Waals surface area contributed by atoms with Crippen molar-refractivity contribution in [1.29, 1.82) is 0 Å². The fraction of sp³-hybridized carbons (Fsp3) is 0.400. The van der Waals surface area contributed by atoms with Crippen LogP contribution in [0.25, 0.3) is 16.7 Å². The first-order valence-corrected chi connectivity index (χ1v) is 13.8. The Labute approximate surface area is 233 Å². The molecule has 0 N–H and O–H groups in total. The maximum absolute atomic E-state index is 13.5. The van der Waals surface area contributed by atoms with Gasteiger partial charge in [-0.25, -0.2) is 14.6 Å². The maximum atomic E-state index is 13.5. The summed E-state index contributed by atoms with van der Waals surface area (Å²) in [5.41, 5.74) is 2.32. The molecule has 0 aliphatic carbocycles. The van der Waals surface area contributed by atoms with Crippen molar-refractivity contribution >= 4 is 22.8 Å². The van der Waals surface area contributed by atoms with Gasteiger partial charge in [0.2, 0.25) is 0 Å². The molecule has 10 nitrogen and oxygen atoms in total. The molecule has 0 bridgehead atoms. The predicted octanol–water partition coefficient (Wildman–Crippen LogP) is 4.08. The van der Waals surface area contributed by atoms with Crippen LogP contribution >= 0.6 is 0 Å². The molecule has 6 rings (SSSR count). The van der Waals surface area contributed by atoms with Crippen molar-refractivity contribution in [3.8, 4) is 17.2 Å². The van der Waals surface area contributed by atoms with Gasteiger partial charge in [0.25, 0.3) is 5.91 Å². The Bertz CT molecular complexity index is 1460. The van der Waals surface area contributed by atoms with Gasteiger partial charge in [-0.1, -0.05) is 18.2 Å². The first kappa shape index (κ1) is 26.1. The number of nitrogens with zero attached hydrogens (tertiary/aromatic N) is 6. The molecule has 2 aliphatic heterocycles. The average Bonchev–Trinajstić information content (AvgIpc) is 3.30. The molecule has 2 fully saturated rings. The van der Waals surface area contributed by atoms with Crippen LogP contribution in [-0.4, -0.2) is 84.2 Å². The molecule has 2 aliphatic rings. The predicted molar refractivity (Wildman–Crippen MR) is 152 cm³/mol. The van der Waals surface area contributed by atoms with E-state index in [9.17, 15) is 4.79 Å². The third-order valence-corrected chi connectivity index (χ3v) is 7.69. The molecule has 10 heteroatoms. The number of fused-ring (bicyclic) bond motifs is 1. The third-order valence-electron chi connectivity index (χ3n) is 7.69. The summed E-state index contributed by atoms with van der Waals surface area (Å²) in [7, 11) is 3.17. The Morgan fingerprint density at radius 1 is 0.925 bits per heavy atom. The van der Waals surface area contributed by atoms with E-state index in [1.54, 1.807) is 32.4 Å². The number of carbonyl (C=O) groups is 1. The van der Waals surface area contributed by atoms with Gasteiger partial charge in [0.1, 0.15) is 23.1 Å². The van der Waals surface area contributed by atoms with Gasteiger partial charge in [0.15, 0.2) is 5.65 Å². The van der Waals surface area contributed by atoms with Crippen molar-refractivity contribution in [2.45, 2.75) is 25.2 Å².